The van der Waals surface area contributed by atoms with Crippen molar-refractivity contribution in [2.75, 3.05) is 19.6 Å². The minimum absolute atomic E-state index is 0.00942. The van der Waals surface area contributed by atoms with Gasteiger partial charge in [0.15, 0.2) is 5.96 Å². The van der Waals surface area contributed by atoms with Crippen LogP contribution in [-0.2, 0) is 4.79 Å². The molecule has 2 aliphatic heterocycles. The second-order valence-electron chi connectivity index (χ2n) is 10.4. The number of carbonyl (C=O) groups is 2. The maximum absolute atomic E-state index is 13.5. The van der Waals surface area contributed by atoms with E-state index in [0.717, 1.165) is 50.0 Å². The highest BCUT2D eigenvalue weighted by Crippen LogP contribution is 2.35. The largest absolute Gasteiger partial charge is 0.369 e. The molecular weight excluding hydrogens is 462 g/mol. The fraction of sp³-hybridized carbons (Fsp3) is 0.500. The highest BCUT2D eigenvalue weighted by atomic mass is 16.2. The van der Waals surface area contributed by atoms with Gasteiger partial charge in [0.25, 0.3) is 5.91 Å². The average Bonchev–Trinajstić information content (AvgIpc) is 3.44. The first-order chi connectivity index (χ1) is 17.9. The average molecular weight is 504 g/mol. The number of hydrogen-bond acceptors (Lipinski definition) is 5. The zero-order valence-electron chi connectivity index (χ0n) is 22.5. The molecular formula is C30H41N5O2. The van der Waals surface area contributed by atoms with Crippen molar-refractivity contribution < 1.29 is 9.59 Å². The third-order valence-corrected chi connectivity index (χ3v) is 8.07. The van der Waals surface area contributed by atoms with Gasteiger partial charge in [0.05, 0.1) is 24.0 Å². The molecule has 0 aliphatic carbocycles. The van der Waals surface area contributed by atoms with Crippen LogP contribution < -0.4 is 11.1 Å². The Morgan fingerprint density at radius 2 is 1.73 bits per heavy atom. The van der Waals surface area contributed by atoms with E-state index in [2.05, 4.69) is 24.1 Å². The number of nitrogens with zero attached hydrogens (tertiary/aromatic N) is 3. The molecule has 7 heteroatoms. The Kier molecular flexibility index (Phi) is 8.64. The Morgan fingerprint density at radius 3 is 2.38 bits per heavy atom. The first-order valence-corrected chi connectivity index (χ1v) is 13.7. The van der Waals surface area contributed by atoms with Gasteiger partial charge in [-0.25, -0.2) is 4.99 Å². The second kappa shape index (κ2) is 11.9. The van der Waals surface area contributed by atoms with E-state index in [1.165, 1.54) is 12.8 Å². The number of carbonyl (C=O) groups excluding carboxylic acids is 2. The fourth-order valence-electron chi connectivity index (χ4n) is 5.57. The van der Waals surface area contributed by atoms with Gasteiger partial charge in [-0.2, -0.15) is 0 Å². The number of rotatable bonds is 10. The fourth-order valence-corrected chi connectivity index (χ4v) is 5.57. The number of guanidine groups is 1. The Labute approximate surface area is 221 Å². The van der Waals surface area contributed by atoms with Gasteiger partial charge in [-0.15, -0.1) is 0 Å². The molecule has 37 heavy (non-hydrogen) atoms. The van der Waals surface area contributed by atoms with E-state index in [1.807, 2.05) is 61.5 Å². The molecule has 2 amide bonds. The van der Waals surface area contributed by atoms with Gasteiger partial charge in [0.2, 0.25) is 5.91 Å². The second-order valence-corrected chi connectivity index (χ2v) is 10.4. The molecule has 2 atom stereocenters. The number of likely N-dealkylation sites (tertiary alicyclic amines) is 1. The highest BCUT2D eigenvalue weighted by molar-refractivity contribution is 6.00. The molecule has 0 aromatic heterocycles. The number of amides is 2. The van der Waals surface area contributed by atoms with Gasteiger partial charge in [-0.1, -0.05) is 56.3 Å². The van der Waals surface area contributed by atoms with E-state index in [1.54, 1.807) is 4.90 Å². The number of benzene rings is 2. The summed E-state index contributed by atoms with van der Waals surface area (Å²) >= 11 is 0. The van der Waals surface area contributed by atoms with Crippen molar-refractivity contribution in [3.8, 4) is 0 Å². The van der Waals surface area contributed by atoms with Crippen molar-refractivity contribution in [3.05, 3.63) is 71.3 Å². The highest BCUT2D eigenvalue weighted by Gasteiger charge is 2.40. The molecule has 4 rings (SSSR count). The van der Waals surface area contributed by atoms with Crippen LogP contribution in [0.1, 0.15) is 92.9 Å². The molecule has 0 radical (unpaired) electrons. The molecule has 7 nitrogen and oxygen atoms in total. The van der Waals surface area contributed by atoms with Crippen LogP contribution in [-0.4, -0.2) is 52.7 Å². The zero-order chi connectivity index (χ0) is 26.4. The summed E-state index contributed by atoms with van der Waals surface area (Å²) in [6, 6.07) is 17.1. The van der Waals surface area contributed by atoms with Crippen molar-refractivity contribution >= 4 is 17.8 Å². The van der Waals surface area contributed by atoms with Crippen molar-refractivity contribution in [2.45, 2.75) is 76.9 Å². The Bertz CT molecular complexity index is 1110. The van der Waals surface area contributed by atoms with Crippen LogP contribution >= 0.6 is 0 Å². The smallest absolute Gasteiger partial charge is 0.251 e. The molecule has 2 heterocycles. The minimum atomic E-state index is -0.424. The molecule has 0 bridgehead atoms. The lowest BCUT2D eigenvalue weighted by molar-refractivity contribution is -0.131. The summed E-state index contributed by atoms with van der Waals surface area (Å²) < 4.78 is 0. The minimum Gasteiger partial charge on any atom is -0.369 e. The standard InChI is InChI=1S/C30H41N5O2/c1-4-30(5-2)21-27(36)35(29(31)33-30)26(16-19-34-17-9-10-18-34)24-14-11-15-25(20-24)28(37)32-22(3)23-12-7-6-8-13-23/h6-8,11-15,20,22,26H,4-5,9-10,16-19,21H2,1-3H3,(H2,31,33)(H,32,37)/t22-,26+/m0/s1. The molecule has 198 valence electrons. The van der Waals surface area contributed by atoms with Gasteiger partial charge < -0.3 is 16.0 Å². The Balaban J connectivity index is 1.60. The van der Waals surface area contributed by atoms with Crippen molar-refractivity contribution in [1.82, 2.24) is 15.1 Å². The number of nitrogens with two attached hydrogens (primary N) is 1. The topological polar surface area (TPSA) is 91.0 Å². The molecule has 0 spiro atoms. The Hall–Kier alpha value is -3.19. The first kappa shape index (κ1) is 26.9. The summed E-state index contributed by atoms with van der Waals surface area (Å²) in [6.07, 6.45) is 5.06. The van der Waals surface area contributed by atoms with E-state index in [4.69, 9.17) is 10.7 Å². The summed E-state index contributed by atoms with van der Waals surface area (Å²) in [5.74, 6) is 0.160. The van der Waals surface area contributed by atoms with Gasteiger partial charge >= 0.3 is 0 Å². The van der Waals surface area contributed by atoms with Crippen LogP contribution in [0.2, 0.25) is 0 Å². The van der Waals surface area contributed by atoms with Gasteiger partial charge in [0, 0.05) is 12.1 Å². The van der Waals surface area contributed by atoms with Crippen LogP contribution in [0, 0.1) is 0 Å². The summed E-state index contributed by atoms with van der Waals surface area (Å²) in [6.45, 7) is 9.14. The summed E-state index contributed by atoms with van der Waals surface area (Å²) in [7, 11) is 0. The van der Waals surface area contributed by atoms with E-state index in [0.29, 0.717) is 17.9 Å². The van der Waals surface area contributed by atoms with Gasteiger partial charge in [-0.3, -0.25) is 14.5 Å². The van der Waals surface area contributed by atoms with Crippen molar-refractivity contribution in [1.29, 1.82) is 0 Å². The Morgan fingerprint density at radius 1 is 1.05 bits per heavy atom. The SMILES string of the molecule is CCC1(CC)CC(=O)N([C@H](CCN2CCCC2)c2cccc(C(=O)N[C@@H](C)c3ccccc3)c2)C(N)=N1. The van der Waals surface area contributed by atoms with Gasteiger partial charge in [0.1, 0.15) is 0 Å². The first-order valence-electron chi connectivity index (χ1n) is 13.7. The maximum atomic E-state index is 13.5. The summed E-state index contributed by atoms with van der Waals surface area (Å²) in [5.41, 5.74) is 8.61. The number of hydrogen-bond donors (Lipinski definition) is 2. The molecule has 0 saturated carbocycles. The van der Waals surface area contributed by atoms with Crippen molar-refractivity contribution in [2.24, 2.45) is 10.7 Å². The van der Waals surface area contributed by atoms with Gasteiger partial charge in [-0.05, 0) is 75.4 Å². The molecule has 2 aromatic carbocycles. The molecule has 2 aromatic rings. The molecule has 1 saturated heterocycles. The quantitative estimate of drug-likeness (QED) is 0.487. The third-order valence-electron chi connectivity index (χ3n) is 8.07. The summed E-state index contributed by atoms with van der Waals surface area (Å²) in [4.78, 5) is 35.7. The molecule has 2 aliphatic rings. The molecule has 0 unspecified atom stereocenters. The van der Waals surface area contributed by atoms with Crippen LogP contribution in [0.3, 0.4) is 0 Å². The lowest BCUT2D eigenvalue weighted by atomic mass is 9.87. The zero-order valence-corrected chi connectivity index (χ0v) is 22.5. The van der Waals surface area contributed by atoms with Crippen LogP contribution in [0.25, 0.3) is 0 Å². The summed E-state index contributed by atoms with van der Waals surface area (Å²) in [5, 5.41) is 3.10. The predicted octanol–water partition coefficient (Wildman–Crippen LogP) is 4.81. The van der Waals surface area contributed by atoms with E-state index >= 15 is 0 Å². The normalized spacial score (nSPS) is 19.4. The predicted molar refractivity (Wildman–Crippen MR) is 148 cm³/mol. The van der Waals surface area contributed by atoms with Crippen LogP contribution in [0.5, 0.6) is 0 Å². The van der Waals surface area contributed by atoms with E-state index in [9.17, 15) is 9.59 Å². The molecule has 1 fully saturated rings. The number of nitrogens with one attached hydrogen (secondary N) is 1. The van der Waals surface area contributed by atoms with Crippen molar-refractivity contribution in [3.63, 3.8) is 0 Å². The van der Waals surface area contributed by atoms with E-state index in [-0.39, 0.29) is 23.9 Å². The number of aliphatic imine (C=N–C) groups is 1. The maximum Gasteiger partial charge on any atom is 0.251 e. The van der Waals surface area contributed by atoms with E-state index < -0.39 is 5.54 Å². The monoisotopic (exact) mass is 503 g/mol. The van der Waals surface area contributed by atoms with Crippen LogP contribution in [0.15, 0.2) is 59.6 Å². The molecule has 3 N–H and O–H groups in total. The lowest BCUT2D eigenvalue weighted by Gasteiger charge is -2.40. The lowest BCUT2D eigenvalue weighted by Crippen LogP contribution is -2.53. The third kappa shape index (κ3) is 6.21. The van der Waals surface area contributed by atoms with Crippen LogP contribution in [0.4, 0.5) is 0 Å².